The molecule has 144 valence electrons. The highest BCUT2D eigenvalue weighted by Gasteiger charge is 2.49. The zero-order valence-corrected chi connectivity index (χ0v) is 15.0. The van der Waals surface area contributed by atoms with E-state index >= 15 is 0 Å². The molecular weight excluding hydrogens is 334 g/mol. The molecule has 1 heterocycles. The zero-order valence-electron chi connectivity index (χ0n) is 15.0. The van der Waals surface area contributed by atoms with Crippen LogP contribution in [0.15, 0.2) is 0 Å². The van der Waals surface area contributed by atoms with Crippen molar-refractivity contribution in [2.75, 3.05) is 13.2 Å². The van der Waals surface area contributed by atoms with Crippen molar-refractivity contribution >= 4 is 17.9 Å². The molecule has 2 N–H and O–H groups in total. The maximum absolute atomic E-state index is 11.5. The molecule has 0 aliphatic carbocycles. The molecule has 1 unspecified atom stereocenters. The summed E-state index contributed by atoms with van der Waals surface area (Å²) in [5.74, 6) is -1.75. The SMILES string of the molecule is CCCCN[C@H]1C(O)O[C@H](COC(C)=O)[C@@H](OC(C)=O)[C@@H]1OC(C)=O. The van der Waals surface area contributed by atoms with Crippen molar-refractivity contribution in [1.82, 2.24) is 5.32 Å². The summed E-state index contributed by atoms with van der Waals surface area (Å²) < 4.78 is 20.9. The molecule has 9 heteroatoms. The first-order valence-corrected chi connectivity index (χ1v) is 8.31. The molecule has 25 heavy (non-hydrogen) atoms. The summed E-state index contributed by atoms with van der Waals surface area (Å²) in [4.78, 5) is 34.0. The summed E-state index contributed by atoms with van der Waals surface area (Å²) >= 11 is 0. The molecule has 1 aliphatic rings. The summed E-state index contributed by atoms with van der Waals surface area (Å²) in [5, 5.41) is 13.3. The summed E-state index contributed by atoms with van der Waals surface area (Å²) in [5.41, 5.74) is 0. The van der Waals surface area contributed by atoms with Crippen molar-refractivity contribution < 1.29 is 38.4 Å². The van der Waals surface area contributed by atoms with Crippen molar-refractivity contribution in [1.29, 1.82) is 0 Å². The number of aliphatic hydroxyl groups is 1. The fraction of sp³-hybridized carbons (Fsp3) is 0.812. The van der Waals surface area contributed by atoms with E-state index in [4.69, 9.17) is 18.9 Å². The van der Waals surface area contributed by atoms with Crippen LogP contribution in [-0.4, -0.2) is 66.8 Å². The number of carbonyl (C=O) groups excluding carboxylic acids is 3. The molecule has 0 aromatic carbocycles. The normalized spacial score (nSPS) is 28.9. The quantitative estimate of drug-likeness (QED) is 0.346. The topological polar surface area (TPSA) is 120 Å². The van der Waals surface area contributed by atoms with Crippen molar-refractivity contribution in [3.63, 3.8) is 0 Å². The lowest BCUT2D eigenvalue weighted by atomic mass is 9.96. The Hall–Kier alpha value is -1.71. The largest absolute Gasteiger partial charge is 0.463 e. The van der Waals surface area contributed by atoms with Gasteiger partial charge < -0.3 is 29.4 Å². The number of unbranched alkanes of at least 4 members (excludes halogenated alkanes) is 1. The second-order valence-corrected chi connectivity index (χ2v) is 5.85. The number of esters is 3. The van der Waals surface area contributed by atoms with Gasteiger partial charge in [0.25, 0.3) is 0 Å². The van der Waals surface area contributed by atoms with Crippen LogP contribution >= 0.6 is 0 Å². The Morgan fingerprint density at radius 1 is 1.04 bits per heavy atom. The van der Waals surface area contributed by atoms with E-state index in [9.17, 15) is 19.5 Å². The van der Waals surface area contributed by atoms with E-state index in [0.717, 1.165) is 12.8 Å². The summed E-state index contributed by atoms with van der Waals surface area (Å²) in [7, 11) is 0. The maximum atomic E-state index is 11.5. The van der Waals surface area contributed by atoms with E-state index in [2.05, 4.69) is 5.32 Å². The Bertz CT molecular complexity index is 469. The lowest BCUT2D eigenvalue weighted by molar-refractivity contribution is -0.265. The Morgan fingerprint density at radius 3 is 2.16 bits per heavy atom. The standard InChI is InChI=1S/C16H27NO8/c1-5-6-7-17-13-15(24-11(4)20)14(23-10(3)19)12(25-16(13)21)8-22-9(2)18/h12-17,21H,5-8H2,1-4H3/t12-,13-,14-,15-,16?/m1/s1. The van der Waals surface area contributed by atoms with Gasteiger partial charge in [-0.3, -0.25) is 14.4 Å². The van der Waals surface area contributed by atoms with Gasteiger partial charge in [0, 0.05) is 20.8 Å². The number of ether oxygens (including phenoxy) is 4. The van der Waals surface area contributed by atoms with Crippen molar-refractivity contribution in [3.8, 4) is 0 Å². The van der Waals surface area contributed by atoms with Gasteiger partial charge in [-0.1, -0.05) is 13.3 Å². The van der Waals surface area contributed by atoms with Crippen molar-refractivity contribution in [2.45, 2.75) is 71.2 Å². The van der Waals surface area contributed by atoms with E-state index in [1.807, 2.05) is 6.92 Å². The van der Waals surface area contributed by atoms with Gasteiger partial charge in [0.2, 0.25) is 0 Å². The lowest BCUT2D eigenvalue weighted by Crippen LogP contribution is -2.65. The number of hydrogen-bond donors (Lipinski definition) is 2. The van der Waals surface area contributed by atoms with Crippen LogP contribution in [0.2, 0.25) is 0 Å². The summed E-state index contributed by atoms with van der Waals surface area (Å²) in [6.45, 7) is 5.97. The number of hydrogen-bond acceptors (Lipinski definition) is 9. The molecule has 0 saturated carbocycles. The third-order valence-electron chi connectivity index (χ3n) is 3.63. The van der Waals surface area contributed by atoms with Crippen LogP contribution in [0.4, 0.5) is 0 Å². The van der Waals surface area contributed by atoms with E-state index in [1.165, 1.54) is 20.8 Å². The van der Waals surface area contributed by atoms with Crippen LogP contribution < -0.4 is 5.32 Å². The molecular formula is C16H27NO8. The van der Waals surface area contributed by atoms with Gasteiger partial charge in [0.1, 0.15) is 12.7 Å². The zero-order chi connectivity index (χ0) is 19.0. The van der Waals surface area contributed by atoms with Gasteiger partial charge in [-0.2, -0.15) is 0 Å². The van der Waals surface area contributed by atoms with Gasteiger partial charge >= 0.3 is 17.9 Å². The average molecular weight is 361 g/mol. The predicted octanol–water partition coefficient (Wildman–Crippen LogP) is -0.112. The highest BCUT2D eigenvalue weighted by Crippen LogP contribution is 2.26. The number of aliphatic hydroxyl groups excluding tert-OH is 1. The third kappa shape index (κ3) is 6.97. The fourth-order valence-corrected chi connectivity index (χ4v) is 2.58. The molecule has 0 spiro atoms. The molecule has 5 atom stereocenters. The first kappa shape index (κ1) is 21.3. The molecule has 1 fully saturated rings. The Morgan fingerprint density at radius 2 is 1.64 bits per heavy atom. The van der Waals surface area contributed by atoms with E-state index in [1.54, 1.807) is 0 Å². The minimum atomic E-state index is -1.33. The van der Waals surface area contributed by atoms with Gasteiger partial charge in [0.15, 0.2) is 18.5 Å². The van der Waals surface area contributed by atoms with Gasteiger partial charge in [-0.15, -0.1) is 0 Å². The van der Waals surface area contributed by atoms with Gasteiger partial charge in [-0.05, 0) is 13.0 Å². The van der Waals surface area contributed by atoms with Crippen molar-refractivity contribution in [2.24, 2.45) is 0 Å². The predicted molar refractivity (Wildman–Crippen MR) is 85.3 cm³/mol. The molecule has 1 aliphatic heterocycles. The van der Waals surface area contributed by atoms with Crippen LogP contribution in [-0.2, 0) is 33.3 Å². The van der Waals surface area contributed by atoms with Crippen LogP contribution in [0.25, 0.3) is 0 Å². The van der Waals surface area contributed by atoms with Gasteiger partial charge in [-0.25, -0.2) is 0 Å². The summed E-state index contributed by atoms with van der Waals surface area (Å²) in [6, 6.07) is -0.784. The molecule has 9 nitrogen and oxygen atoms in total. The Balaban J connectivity index is 3.01. The lowest BCUT2D eigenvalue weighted by Gasteiger charge is -2.43. The monoisotopic (exact) mass is 361 g/mol. The second-order valence-electron chi connectivity index (χ2n) is 5.85. The van der Waals surface area contributed by atoms with E-state index < -0.39 is 48.6 Å². The van der Waals surface area contributed by atoms with Crippen LogP contribution in [0.3, 0.4) is 0 Å². The molecule has 1 saturated heterocycles. The highest BCUT2D eigenvalue weighted by molar-refractivity contribution is 5.67. The molecule has 1 rings (SSSR count). The number of nitrogens with one attached hydrogen (secondary N) is 1. The Kier molecular flexibility index (Phi) is 8.81. The summed E-state index contributed by atoms with van der Waals surface area (Å²) in [6.07, 6.45) is -2.53. The Labute approximate surface area is 146 Å². The highest BCUT2D eigenvalue weighted by atomic mass is 16.7. The molecule has 0 aromatic rings. The molecule has 0 bridgehead atoms. The molecule has 0 radical (unpaired) electrons. The van der Waals surface area contributed by atoms with E-state index in [-0.39, 0.29) is 6.61 Å². The first-order chi connectivity index (χ1) is 11.8. The second kappa shape index (κ2) is 10.3. The maximum Gasteiger partial charge on any atom is 0.303 e. The van der Waals surface area contributed by atoms with Crippen LogP contribution in [0.5, 0.6) is 0 Å². The van der Waals surface area contributed by atoms with Crippen LogP contribution in [0, 0.1) is 0 Å². The smallest absolute Gasteiger partial charge is 0.303 e. The molecule has 0 aromatic heterocycles. The average Bonchev–Trinajstić information content (AvgIpc) is 2.50. The fourth-order valence-electron chi connectivity index (χ4n) is 2.58. The minimum Gasteiger partial charge on any atom is -0.463 e. The third-order valence-corrected chi connectivity index (χ3v) is 3.63. The van der Waals surface area contributed by atoms with Gasteiger partial charge in [0.05, 0.1) is 6.04 Å². The number of rotatable bonds is 8. The first-order valence-electron chi connectivity index (χ1n) is 8.31. The molecule has 0 amide bonds. The number of carbonyl (C=O) groups is 3. The minimum absolute atomic E-state index is 0.246. The van der Waals surface area contributed by atoms with Crippen molar-refractivity contribution in [3.05, 3.63) is 0 Å². The van der Waals surface area contributed by atoms with E-state index in [0.29, 0.717) is 6.54 Å². The van der Waals surface area contributed by atoms with Crippen LogP contribution in [0.1, 0.15) is 40.5 Å².